The molecule has 1 aromatic rings. The van der Waals surface area contributed by atoms with Gasteiger partial charge in [-0.15, -0.1) is 0 Å². The van der Waals surface area contributed by atoms with E-state index in [1.807, 2.05) is 13.1 Å². The summed E-state index contributed by atoms with van der Waals surface area (Å²) >= 11 is 3.59. The lowest BCUT2D eigenvalue weighted by Gasteiger charge is -2.43. The van der Waals surface area contributed by atoms with E-state index in [9.17, 15) is 0 Å². The zero-order valence-corrected chi connectivity index (χ0v) is 13.1. The molecule has 0 bridgehead atoms. The minimum absolute atomic E-state index is 0.103. The van der Waals surface area contributed by atoms with E-state index in [0.29, 0.717) is 0 Å². The van der Waals surface area contributed by atoms with Gasteiger partial charge >= 0.3 is 0 Å². The summed E-state index contributed by atoms with van der Waals surface area (Å²) in [5, 5.41) is 3.45. The lowest BCUT2D eigenvalue weighted by Crippen LogP contribution is -2.52. The number of likely N-dealkylation sites (N-methyl/N-ethyl adjacent to an activating group) is 1. The van der Waals surface area contributed by atoms with Gasteiger partial charge in [0, 0.05) is 5.54 Å². The molecular formula is C14H23BrN2O. The van der Waals surface area contributed by atoms with Gasteiger partial charge in [-0.2, -0.15) is 0 Å². The van der Waals surface area contributed by atoms with E-state index in [0.717, 1.165) is 16.7 Å². The summed E-state index contributed by atoms with van der Waals surface area (Å²) in [5.74, 6) is 1.01. The van der Waals surface area contributed by atoms with Gasteiger partial charge in [0.05, 0.1) is 16.8 Å². The topological polar surface area (TPSA) is 28.4 Å². The van der Waals surface area contributed by atoms with Crippen LogP contribution < -0.4 is 5.32 Å². The van der Waals surface area contributed by atoms with Gasteiger partial charge in [0.2, 0.25) is 0 Å². The Bertz CT molecular complexity index is 387. The van der Waals surface area contributed by atoms with E-state index >= 15 is 0 Å². The molecular weight excluding hydrogens is 292 g/mol. The van der Waals surface area contributed by atoms with E-state index in [-0.39, 0.29) is 11.6 Å². The predicted octanol–water partition coefficient (Wildman–Crippen LogP) is 3.57. The van der Waals surface area contributed by atoms with Crippen molar-refractivity contribution in [2.75, 3.05) is 20.1 Å². The van der Waals surface area contributed by atoms with Crippen molar-refractivity contribution in [3.8, 4) is 0 Å². The van der Waals surface area contributed by atoms with Gasteiger partial charge in [-0.05, 0) is 68.3 Å². The van der Waals surface area contributed by atoms with Crippen molar-refractivity contribution in [1.29, 1.82) is 0 Å². The first-order valence-corrected chi connectivity index (χ1v) is 7.58. The van der Waals surface area contributed by atoms with Crippen LogP contribution in [0.1, 0.15) is 44.9 Å². The van der Waals surface area contributed by atoms with Crippen molar-refractivity contribution in [2.24, 2.45) is 0 Å². The molecule has 1 saturated heterocycles. The molecule has 0 aliphatic carbocycles. The van der Waals surface area contributed by atoms with Gasteiger partial charge in [-0.25, -0.2) is 0 Å². The van der Waals surface area contributed by atoms with Crippen LogP contribution >= 0.6 is 15.9 Å². The van der Waals surface area contributed by atoms with Gasteiger partial charge < -0.3 is 9.73 Å². The van der Waals surface area contributed by atoms with E-state index < -0.39 is 0 Å². The summed E-state index contributed by atoms with van der Waals surface area (Å²) in [6, 6.07) is 2.18. The Morgan fingerprint density at radius 2 is 2.17 bits per heavy atom. The fourth-order valence-electron chi connectivity index (χ4n) is 3.07. The molecule has 1 aromatic heterocycles. The maximum Gasteiger partial charge on any atom is 0.136 e. The summed E-state index contributed by atoms with van der Waals surface area (Å²) in [5.41, 5.74) is 0.103. The maximum atomic E-state index is 5.69. The van der Waals surface area contributed by atoms with Crippen molar-refractivity contribution in [3.05, 3.63) is 22.6 Å². The van der Waals surface area contributed by atoms with Crippen LogP contribution in [-0.4, -0.2) is 30.6 Å². The lowest BCUT2D eigenvalue weighted by atomic mass is 9.86. The van der Waals surface area contributed by atoms with Gasteiger partial charge in [-0.1, -0.05) is 6.92 Å². The first-order valence-electron chi connectivity index (χ1n) is 6.78. The SMILES string of the molecule is CCC(C)(C(NC)c1occc1Br)N1CCCC1. The minimum Gasteiger partial charge on any atom is -0.466 e. The van der Waals surface area contributed by atoms with Gasteiger partial charge in [-0.3, -0.25) is 4.90 Å². The summed E-state index contributed by atoms with van der Waals surface area (Å²) in [6.45, 7) is 7.00. The third-order valence-electron chi connectivity index (χ3n) is 4.36. The first kappa shape index (κ1) is 14.1. The Kier molecular flexibility index (Phi) is 4.51. The van der Waals surface area contributed by atoms with Crippen LogP contribution in [0.2, 0.25) is 0 Å². The average molecular weight is 315 g/mol. The largest absolute Gasteiger partial charge is 0.466 e. The molecule has 0 aromatic carbocycles. The normalized spacial score (nSPS) is 22.0. The third kappa shape index (κ3) is 2.38. The van der Waals surface area contributed by atoms with E-state index in [2.05, 4.69) is 40.0 Å². The molecule has 18 heavy (non-hydrogen) atoms. The second-order valence-corrected chi connectivity index (χ2v) is 6.11. The Morgan fingerprint density at radius 3 is 2.61 bits per heavy atom. The Balaban J connectivity index is 2.31. The molecule has 2 heterocycles. The Hall–Kier alpha value is -0.320. The Labute approximate surface area is 118 Å². The quantitative estimate of drug-likeness (QED) is 0.900. The predicted molar refractivity (Wildman–Crippen MR) is 77.7 cm³/mol. The van der Waals surface area contributed by atoms with E-state index in [4.69, 9.17) is 4.42 Å². The minimum atomic E-state index is 0.103. The van der Waals surface area contributed by atoms with Gasteiger partial charge in [0.1, 0.15) is 5.76 Å². The van der Waals surface area contributed by atoms with Gasteiger partial charge in [0.25, 0.3) is 0 Å². The van der Waals surface area contributed by atoms with E-state index in [1.54, 1.807) is 6.26 Å². The van der Waals surface area contributed by atoms with Crippen LogP contribution in [0.3, 0.4) is 0 Å². The highest BCUT2D eigenvalue weighted by Gasteiger charge is 2.41. The summed E-state index contributed by atoms with van der Waals surface area (Å²) < 4.78 is 6.75. The highest BCUT2D eigenvalue weighted by Crippen LogP contribution is 2.39. The molecule has 1 aliphatic rings. The summed E-state index contributed by atoms with van der Waals surface area (Å²) in [7, 11) is 2.02. The van der Waals surface area contributed by atoms with Crippen LogP contribution in [0.15, 0.2) is 21.2 Å². The fourth-order valence-corrected chi connectivity index (χ4v) is 3.50. The number of furan rings is 1. The number of likely N-dealkylation sites (tertiary alicyclic amines) is 1. The molecule has 1 aliphatic heterocycles. The smallest absolute Gasteiger partial charge is 0.136 e. The van der Waals surface area contributed by atoms with E-state index in [1.165, 1.54) is 25.9 Å². The summed E-state index contributed by atoms with van der Waals surface area (Å²) in [6.07, 6.45) is 5.48. The third-order valence-corrected chi connectivity index (χ3v) is 5.02. The van der Waals surface area contributed by atoms with Crippen molar-refractivity contribution in [2.45, 2.75) is 44.7 Å². The second kappa shape index (κ2) is 5.76. The number of rotatable bonds is 5. The Morgan fingerprint density at radius 1 is 1.50 bits per heavy atom. The molecule has 102 valence electrons. The molecule has 3 nitrogen and oxygen atoms in total. The second-order valence-electron chi connectivity index (χ2n) is 5.26. The number of halogens is 1. The number of hydrogen-bond acceptors (Lipinski definition) is 3. The molecule has 0 spiro atoms. The molecule has 0 saturated carbocycles. The zero-order chi connectivity index (χ0) is 13.2. The fraction of sp³-hybridized carbons (Fsp3) is 0.714. The van der Waals surface area contributed by atoms with Crippen LogP contribution in [0.4, 0.5) is 0 Å². The standard InChI is InChI=1S/C14H23BrN2O/c1-4-14(2,17-8-5-6-9-17)13(16-3)12-11(15)7-10-18-12/h7,10,13,16H,4-6,8-9H2,1-3H3. The van der Waals surface area contributed by atoms with Crippen LogP contribution in [0.25, 0.3) is 0 Å². The molecule has 2 atom stereocenters. The highest BCUT2D eigenvalue weighted by molar-refractivity contribution is 9.10. The molecule has 4 heteroatoms. The monoisotopic (exact) mass is 314 g/mol. The molecule has 0 radical (unpaired) electrons. The number of hydrogen-bond donors (Lipinski definition) is 1. The van der Waals surface area contributed by atoms with Crippen molar-refractivity contribution < 1.29 is 4.42 Å². The molecule has 0 amide bonds. The van der Waals surface area contributed by atoms with Crippen molar-refractivity contribution in [3.63, 3.8) is 0 Å². The number of nitrogens with zero attached hydrogens (tertiary/aromatic N) is 1. The van der Waals surface area contributed by atoms with Crippen LogP contribution in [-0.2, 0) is 0 Å². The summed E-state index contributed by atoms with van der Waals surface area (Å²) in [4.78, 5) is 2.60. The first-order chi connectivity index (χ1) is 8.63. The van der Waals surface area contributed by atoms with Crippen LogP contribution in [0, 0.1) is 0 Å². The highest BCUT2D eigenvalue weighted by atomic mass is 79.9. The zero-order valence-electron chi connectivity index (χ0n) is 11.5. The molecule has 2 unspecified atom stereocenters. The van der Waals surface area contributed by atoms with Crippen molar-refractivity contribution in [1.82, 2.24) is 10.2 Å². The van der Waals surface area contributed by atoms with Crippen molar-refractivity contribution >= 4 is 15.9 Å². The lowest BCUT2D eigenvalue weighted by molar-refractivity contribution is 0.0776. The molecule has 1 N–H and O–H groups in total. The van der Waals surface area contributed by atoms with Gasteiger partial charge in [0.15, 0.2) is 0 Å². The molecule has 2 rings (SSSR count). The number of nitrogens with one attached hydrogen (secondary N) is 1. The average Bonchev–Trinajstić information content (AvgIpc) is 3.02. The molecule has 1 fully saturated rings. The van der Waals surface area contributed by atoms with Crippen LogP contribution in [0.5, 0.6) is 0 Å². The maximum absolute atomic E-state index is 5.69.